The molecule has 4 rings (SSSR count). The van der Waals surface area contributed by atoms with E-state index in [9.17, 15) is 9.59 Å². The summed E-state index contributed by atoms with van der Waals surface area (Å²) in [6.07, 6.45) is 10.7. The molecule has 7 nitrogen and oxygen atoms in total. The van der Waals surface area contributed by atoms with Crippen LogP contribution in [0.4, 0.5) is 0 Å². The molecule has 2 aliphatic rings. The van der Waals surface area contributed by atoms with Crippen molar-refractivity contribution in [1.29, 1.82) is 0 Å². The summed E-state index contributed by atoms with van der Waals surface area (Å²) in [5.41, 5.74) is 1.66. The molecule has 0 bridgehead atoms. The average molecular weight is 411 g/mol. The first-order valence-electron chi connectivity index (χ1n) is 11.0. The zero-order chi connectivity index (χ0) is 20.9. The van der Waals surface area contributed by atoms with Crippen LogP contribution in [0.1, 0.15) is 50.7 Å². The van der Waals surface area contributed by atoms with Crippen molar-refractivity contribution in [3.8, 4) is 11.3 Å². The molecule has 3 heterocycles. The van der Waals surface area contributed by atoms with E-state index in [0.717, 1.165) is 17.8 Å². The summed E-state index contributed by atoms with van der Waals surface area (Å²) in [6.45, 7) is 1.71. The molecule has 1 saturated carbocycles. The van der Waals surface area contributed by atoms with Crippen LogP contribution in [0.5, 0.6) is 0 Å². The molecule has 1 atom stereocenters. The number of aromatic nitrogens is 2. The lowest BCUT2D eigenvalue weighted by Crippen LogP contribution is -2.47. The van der Waals surface area contributed by atoms with E-state index in [1.165, 1.54) is 32.1 Å². The Labute approximate surface area is 177 Å². The molecule has 0 unspecified atom stereocenters. The second-order valence-electron chi connectivity index (χ2n) is 8.65. The van der Waals surface area contributed by atoms with Gasteiger partial charge in [0.1, 0.15) is 5.69 Å². The topological polar surface area (TPSA) is 79.5 Å². The summed E-state index contributed by atoms with van der Waals surface area (Å²) in [4.78, 5) is 33.1. The van der Waals surface area contributed by atoms with Crippen molar-refractivity contribution >= 4 is 11.8 Å². The Bertz CT molecular complexity index is 860. The zero-order valence-electron chi connectivity index (χ0n) is 17.6. The van der Waals surface area contributed by atoms with Crippen molar-refractivity contribution in [1.82, 2.24) is 19.9 Å². The minimum Gasteiger partial charge on any atom is -0.359 e. The lowest BCUT2D eigenvalue weighted by Gasteiger charge is -2.36. The molecule has 2 aromatic heterocycles. The summed E-state index contributed by atoms with van der Waals surface area (Å²) < 4.78 is 5.44. The first-order valence-corrected chi connectivity index (χ1v) is 11.0. The highest BCUT2D eigenvalue weighted by atomic mass is 16.5. The van der Waals surface area contributed by atoms with Crippen LogP contribution in [0.15, 0.2) is 35.1 Å². The second kappa shape index (κ2) is 9.41. The van der Waals surface area contributed by atoms with Crippen LogP contribution in [0.3, 0.4) is 0 Å². The summed E-state index contributed by atoms with van der Waals surface area (Å²) in [7, 11) is 1.79. The fourth-order valence-corrected chi connectivity index (χ4v) is 4.64. The number of carbonyl (C=O) groups is 2. The van der Waals surface area contributed by atoms with Gasteiger partial charge in [0, 0.05) is 50.6 Å². The van der Waals surface area contributed by atoms with Crippen molar-refractivity contribution in [2.24, 2.45) is 11.8 Å². The van der Waals surface area contributed by atoms with Gasteiger partial charge in [0.15, 0.2) is 5.76 Å². The fourth-order valence-electron chi connectivity index (χ4n) is 4.64. The van der Waals surface area contributed by atoms with Gasteiger partial charge >= 0.3 is 0 Å². The number of amides is 2. The van der Waals surface area contributed by atoms with Crippen LogP contribution in [-0.4, -0.2) is 51.9 Å². The van der Waals surface area contributed by atoms with Crippen LogP contribution in [0.25, 0.3) is 11.3 Å². The summed E-state index contributed by atoms with van der Waals surface area (Å²) in [5, 5.41) is 4.10. The van der Waals surface area contributed by atoms with E-state index in [0.29, 0.717) is 37.6 Å². The van der Waals surface area contributed by atoms with Crippen molar-refractivity contribution in [2.45, 2.75) is 51.5 Å². The molecule has 1 saturated heterocycles. The number of rotatable bonds is 6. The van der Waals surface area contributed by atoms with Gasteiger partial charge in [-0.05, 0) is 37.3 Å². The van der Waals surface area contributed by atoms with Gasteiger partial charge in [-0.25, -0.2) is 0 Å². The smallest absolute Gasteiger partial charge is 0.227 e. The van der Waals surface area contributed by atoms with E-state index in [1.807, 2.05) is 23.1 Å². The Morgan fingerprint density at radius 3 is 2.73 bits per heavy atom. The molecule has 7 heteroatoms. The van der Waals surface area contributed by atoms with Gasteiger partial charge in [0.2, 0.25) is 11.8 Å². The minimum atomic E-state index is -0.140. The highest BCUT2D eigenvalue weighted by Gasteiger charge is 2.33. The van der Waals surface area contributed by atoms with Gasteiger partial charge in [-0.15, -0.1) is 0 Å². The quantitative estimate of drug-likeness (QED) is 0.728. The Hall–Kier alpha value is -2.70. The molecular formula is C23H30N4O3. The third kappa shape index (κ3) is 4.89. The maximum atomic E-state index is 13.0. The van der Waals surface area contributed by atoms with Gasteiger partial charge in [-0.2, -0.15) is 0 Å². The van der Waals surface area contributed by atoms with Gasteiger partial charge in [-0.3, -0.25) is 14.6 Å². The predicted molar refractivity (Wildman–Crippen MR) is 112 cm³/mol. The molecule has 0 aromatic carbocycles. The number of hydrogen-bond acceptors (Lipinski definition) is 5. The summed E-state index contributed by atoms with van der Waals surface area (Å²) in [6, 6.07) is 5.60. The number of nitrogens with zero attached hydrogens (tertiary/aromatic N) is 4. The third-order valence-electron chi connectivity index (χ3n) is 6.36. The molecule has 160 valence electrons. The van der Waals surface area contributed by atoms with E-state index >= 15 is 0 Å². The molecule has 0 N–H and O–H groups in total. The number of pyridine rings is 1. The van der Waals surface area contributed by atoms with E-state index in [2.05, 4.69) is 10.1 Å². The monoisotopic (exact) mass is 410 g/mol. The summed E-state index contributed by atoms with van der Waals surface area (Å²) in [5.74, 6) is 1.36. The van der Waals surface area contributed by atoms with Gasteiger partial charge in [0.25, 0.3) is 0 Å². The largest absolute Gasteiger partial charge is 0.359 e. The maximum absolute atomic E-state index is 13.0. The second-order valence-corrected chi connectivity index (χ2v) is 8.65. The molecule has 0 radical (unpaired) electrons. The Balaban J connectivity index is 1.34. The lowest BCUT2D eigenvalue weighted by atomic mass is 9.87. The Morgan fingerprint density at radius 2 is 1.97 bits per heavy atom. The standard InChI is InChI=1S/C23H30N4O3/c1-26(16-20-13-21(25-30-20)18-9-11-24-12-10-18)23(29)19-7-8-22(28)27(15-19)14-17-5-3-2-4-6-17/h9-13,17,19H,2-8,14-16H2,1H3/t19-/m1/s1. The lowest BCUT2D eigenvalue weighted by molar-refractivity contribution is -0.143. The van der Waals surface area contributed by atoms with Crippen LogP contribution >= 0.6 is 0 Å². The van der Waals surface area contributed by atoms with Gasteiger partial charge < -0.3 is 14.3 Å². The van der Waals surface area contributed by atoms with Gasteiger partial charge in [0.05, 0.1) is 12.5 Å². The first kappa shape index (κ1) is 20.6. The van der Waals surface area contributed by atoms with Gasteiger partial charge in [-0.1, -0.05) is 24.4 Å². The first-order chi connectivity index (χ1) is 14.6. The van der Waals surface area contributed by atoms with E-state index in [1.54, 1.807) is 24.3 Å². The van der Waals surface area contributed by atoms with Crippen LogP contribution in [-0.2, 0) is 16.1 Å². The Morgan fingerprint density at radius 1 is 1.20 bits per heavy atom. The van der Waals surface area contributed by atoms with Crippen LogP contribution in [0.2, 0.25) is 0 Å². The van der Waals surface area contributed by atoms with Crippen molar-refractivity contribution < 1.29 is 14.1 Å². The van der Waals surface area contributed by atoms with E-state index < -0.39 is 0 Å². The number of piperidine rings is 1. The number of carbonyl (C=O) groups excluding carboxylic acids is 2. The van der Waals surface area contributed by atoms with E-state index in [-0.39, 0.29) is 17.7 Å². The molecule has 30 heavy (non-hydrogen) atoms. The van der Waals surface area contributed by atoms with Crippen LogP contribution in [0, 0.1) is 11.8 Å². The highest BCUT2D eigenvalue weighted by Crippen LogP contribution is 2.28. The SMILES string of the molecule is CN(Cc1cc(-c2ccncc2)no1)C(=O)[C@@H]1CCC(=O)N(CC2CCCCC2)C1. The van der Waals surface area contributed by atoms with Crippen molar-refractivity contribution in [2.75, 3.05) is 20.1 Å². The van der Waals surface area contributed by atoms with Crippen molar-refractivity contribution in [3.05, 3.63) is 36.4 Å². The molecule has 2 fully saturated rings. The highest BCUT2D eigenvalue weighted by molar-refractivity contribution is 5.83. The molecule has 1 aliphatic heterocycles. The van der Waals surface area contributed by atoms with E-state index in [4.69, 9.17) is 4.52 Å². The third-order valence-corrected chi connectivity index (χ3v) is 6.36. The summed E-state index contributed by atoms with van der Waals surface area (Å²) >= 11 is 0. The number of hydrogen-bond donors (Lipinski definition) is 0. The maximum Gasteiger partial charge on any atom is 0.227 e. The Kier molecular flexibility index (Phi) is 6.45. The zero-order valence-corrected chi connectivity index (χ0v) is 17.6. The molecular weight excluding hydrogens is 380 g/mol. The van der Waals surface area contributed by atoms with Crippen LogP contribution < -0.4 is 0 Å². The molecule has 2 amide bonds. The molecule has 2 aromatic rings. The molecule has 0 spiro atoms. The minimum absolute atomic E-state index is 0.0676. The molecule has 1 aliphatic carbocycles. The van der Waals surface area contributed by atoms with Crippen molar-refractivity contribution in [3.63, 3.8) is 0 Å². The fraction of sp³-hybridized carbons (Fsp3) is 0.565. The average Bonchev–Trinajstić information content (AvgIpc) is 3.24. The normalized spacial score (nSPS) is 20.4. The number of likely N-dealkylation sites (tertiary alicyclic amines) is 1. The predicted octanol–water partition coefficient (Wildman–Crippen LogP) is 3.51.